The first-order chi connectivity index (χ1) is 16.3. The van der Waals surface area contributed by atoms with E-state index < -0.39 is 27.3 Å². The topological polar surface area (TPSA) is 74.8 Å². The Kier molecular flexibility index (Phi) is 5.98. The fourth-order valence-corrected chi connectivity index (χ4v) is 3.75. The van der Waals surface area contributed by atoms with Crippen LogP contribution in [0.3, 0.4) is 0 Å². The van der Waals surface area contributed by atoms with Gasteiger partial charge in [-0.2, -0.15) is 34.8 Å². The van der Waals surface area contributed by atoms with Crippen LogP contribution in [0.1, 0.15) is 17.0 Å². The molecule has 5 nitrogen and oxygen atoms in total. The molecule has 0 amide bonds. The highest BCUT2D eigenvalue weighted by Crippen LogP contribution is 2.33. The minimum atomic E-state index is -5.63. The number of benzene rings is 3. The van der Waals surface area contributed by atoms with Gasteiger partial charge >= 0.3 is 21.7 Å². The lowest BCUT2D eigenvalue weighted by atomic mass is 10.0. The number of fused-ring (bicyclic) bond motifs is 1. The number of hydrogen-bond acceptors (Lipinski definition) is 3. The van der Waals surface area contributed by atoms with Crippen molar-refractivity contribution in [1.82, 2.24) is 9.97 Å². The monoisotopic (exact) mass is 509 g/mol. The normalized spacial score (nSPS) is 12.3. The number of nitrogens with zero attached hydrogens (tertiary/aromatic N) is 1. The number of imidazole rings is 1. The zero-order valence-corrected chi connectivity index (χ0v) is 18.1. The predicted molar refractivity (Wildman–Crippen MR) is 118 cm³/mol. The maximum Gasteiger partial charge on any atom is 0.516 e. The molecule has 12 heteroatoms. The summed E-state index contributed by atoms with van der Waals surface area (Å²) in [7, 11) is -5.63. The standard InChI is InChI=1S/C23H13F6N3O2S/c24-22(25,26)16-5-3-4-14(12-16)8-11-21-30-19-10-9-15(13-20(19)31-21)17-6-1-2-7-18(17)32-35(33,34)23(27,28)29/h1-7,9-10,12-13,32H,(H,30,31). The summed E-state index contributed by atoms with van der Waals surface area (Å²) in [5.41, 5.74) is -5.03. The smallest absolute Gasteiger partial charge is 0.331 e. The first-order valence-electron chi connectivity index (χ1n) is 9.71. The van der Waals surface area contributed by atoms with Crippen LogP contribution in [0.25, 0.3) is 22.2 Å². The molecular formula is C23H13F6N3O2S. The number of aromatic nitrogens is 2. The molecule has 0 radical (unpaired) electrons. The van der Waals surface area contributed by atoms with E-state index in [9.17, 15) is 34.8 Å². The number of halogens is 6. The van der Waals surface area contributed by atoms with E-state index >= 15 is 0 Å². The average Bonchev–Trinajstić information content (AvgIpc) is 3.19. The van der Waals surface area contributed by atoms with Gasteiger partial charge in [0.25, 0.3) is 0 Å². The number of rotatable bonds is 3. The van der Waals surface area contributed by atoms with Crippen molar-refractivity contribution in [3.8, 4) is 23.0 Å². The summed E-state index contributed by atoms with van der Waals surface area (Å²) in [5, 5.41) is 0. The van der Waals surface area contributed by atoms with Crippen LogP contribution in [0.2, 0.25) is 0 Å². The second-order valence-electron chi connectivity index (χ2n) is 7.24. The van der Waals surface area contributed by atoms with Crippen LogP contribution >= 0.6 is 0 Å². The zero-order chi connectivity index (χ0) is 25.4. The van der Waals surface area contributed by atoms with E-state index in [1.54, 1.807) is 16.9 Å². The van der Waals surface area contributed by atoms with E-state index in [2.05, 4.69) is 21.8 Å². The Bertz CT molecular complexity index is 1580. The summed E-state index contributed by atoms with van der Waals surface area (Å²) in [5.74, 6) is 5.40. The molecule has 0 bridgehead atoms. The molecule has 0 saturated carbocycles. The Morgan fingerprint density at radius 2 is 1.60 bits per heavy atom. The second-order valence-corrected chi connectivity index (χ2v) is 8.92. The minimum absolute atomic E-state index is 0.131. The van der Waals surface area contributed by atoms with Crippen molar-refractivity contribution in [2.45, 2.75) is 11.7 Å². The third kappa shape index (κ3) is 5.25. The molecule has 3 aromatic carbocycles. The van der Waals surface area contributed by atoms with Gasteiger partial charge in [0.1, 0.15) is 0 Å². The van der Waals surface area contributed by atoms with Crippen molar-refractivity contribution in [3.63, 3.8) is 0 Å². The predicted octanol–water partition coefficient (Wildman–Crippen LogP) is 5.91. The first kappa shape index (κ1) is 24.2. The Hall–Kier alpha value is -3.98. The summed E-state index contributed by atoms with van der Waals surface area (Å²) in [6, 6.07) is 14.7. The summed E-state index contributed by atoms with van der Waals surface area (Å²) in [4.78, 5) is 7.15. The van der Waals surface area contributed by atoms with Crippen molar-refractivity contribution in [3.05, 3.63) is 83.7 Å². The Morgan fingerprint density at radius 3 is 2.31 bits per heavy atom. The molecule has 35 heavy (non-hydrogen) atoms. The minimum Gasteiger partial charge on any atom is -0.331 e. The number of alkyl halides is 6. The van der Waals surface area contributed by atoms with Gasteiger partial charge in [0.15, 0.2) is 5.82 Å². The van der Waals surface area contributed by atoms with Crippen LogP contribution < -0.4 is 4.72 Å². The molecule has 0 saturated heterocycles. The van der Waals surface area contributed by atoms with Crippen molar-refractivity contribution >= 4 is 26.7 Å². The molecule has 0 aliphatic rings. The largest absolute Gasteiger partial charge is 0.516 e. The zero-order valence-electron chi connectivity index (χ0n) is 17.3. The molecule has 0 unspecified atom stereocenters. The van der Waals surface area contributed by atoms with Gasteiger partial charge in [-0.05, 0) is 47.9 Å². The van der Waals surface area contributed by atoms with Gasteiger partial charge in [0.05, 0.1) is 22.3 Å². The molecule has 180 valence electrons. The maximum atomic E-state index is 12.9. The third-order valence-electron chi connectivity index (χ3n) is 4.79. The van der Waals surface area contributed by atoms with Gasteiger partial charge in [0.2, 0.25) is 0 Å². The van der Waals surface area contributed by atoms with Gasteiger partial charge < -0.3 is 4.98 Å². The van der Waals surface area contributed by atoms with E-state index in [0.29, 0.717) is 16.6 Å². The van der Waals surface area contributed by atoms with Crippen LogP contribution in [0.15, 0.2) is 66.7 Å². The molecule has 0 aliphatic heterocycles. The summed E-state index contributed by atoms with van der Waals surface area (Å²) < 4.78 is 102. The highest BCUT2D eigenvalue weighted by atomic mass is 32.2. The van der Waals surface area contributed by atoms with Gasteiger partial charge in [-0.25, -0.2) is 4.98 Å². The number of hydrogen-bond donors (Lipinski definition) is 2. The van der Waals surface area contributed by atoms with Crippen LogP contribution in [-0.2, 0) is 16.2 Å². The number of anilines is 1. The van der Waals surface area contributed by atoms with Crippen LogP contribution in [-0.4, -0.2) is 23.9 Å². The number of aromatic amines is 1. The number of para-hydroxylation sites is 1. The highest BCUT2D eigenvalue weighted by molar-refractivity contribution is 7.93. The second kappa shape index (κ2) is 8.66. The van der Waals surface area contributed by atoms with Gasteiger partial charge in [-0.15, -0.1) is 0 Å². The van der Waals surface area contributed by atoms with Gasteiger partial charge in [0, 0.05) is 11.1 Å². The molecule has 0 aliphatic carbocycles. The molecule has 2 N–H and O–H groups in total. The quantitative estimate of drug-likeness (QED) is 0.266. The highest BCUT2D eigenvalue weighted by Gasteiger charge is 2.46. The Labute approximate surface area is 194 Å². The molecular weight excluding hydrogens is 496 g/mol. The fraction of sp³-hybridized carbons (Fsp3) is 0.0870. The summed E-state index contributed by atoms with van der Waals surface area (Å²) in [6.45, 7) is 0. The van der Waals surface area contributed by atoms with E-state index in [4.69, 9.17) is 0 Å². The first-order valence-corrected chi connectivity index (χ1v) is 11.2. The number of nitrogens with one attached hydrogen (secondary N) is 2. The lowest BCUT2D eigenvalue weighted by Gasteiger charge is -2.14. The van der Waals surface area contributed by atoms with E-state index in [0.717, 1.165) is 12.1 Å². The summed E-state index contributed by atoms with van der Waals surface area (Å²) in [6.07, 6.45) is -4.50. The molecule has 1 heterocycles. The van der Waals surface area contributed by atoms with Crippen molar-refractivity contribution < 1.29 is 34.8 Å². The molecule has 0 spiro atoms. The van der Waals surface area contributed by atoms with Gasteiger partial charge in [-0.1, -0.05) is 36.3 Å². The molecule has 0 atom stereocenters. The molecule has 4 rings (SSSR count). The molecule has 1 aromatic heterocycles. The van der Waals surface area contributed by atoms with Crippen molar-refractivity contribution in [2.75, 3.05) is 4.72 Å². The van der Waals surface area contributed by atoms with Crippen LogP contribution in [0, 0.1) is 11.8 Å². The number of H-pyrrole nitrogens is 1. The maximum absolute atomic E-state index is 12.9. The summed E-state index contributed by atoms with van der Waals surface area (Å²) >= 11 is 0. The Morgan fingerprint density at radius 1 is 0.857 bits per heavy atom. The van der Waals surface area contributed by atoms with Crippen molar-refractivity contribution in [2.24, 2.45) is 0 Å². The third-order valence-corrected chi connectivity index (χ3v) is 5.88. The van der Waals surface area contributed by atoms with Crippen molar-refractivity contribution in [1.29, 1.82) is 0 Å². The van der Waals surface area contributed by atoms with E-state index in [1.165, 1.54) is 42.5 Å². The SMILES string of the molecule is O=S(=O)(Nc1ccccc1-c1ccc2[nH]c(C#Cc3cccc(C(F)(F)F)c3)nc2c1)C(F)(F)F. The van der Waals surface area contributed by atoms with E-state index in [-0.39, 0.29) is 22.6 Å². The van der Waals surface area contributed by atoms with Crippen LogP contribution in [0.4, 0.5) is 32.0 Å². The van der Waals surface area contributed by atoms with Gasteiger partial charge in [-0.3, -0.25) is 4.72 Å². The molecule has 0 fully saturated rings. The lowest BCUT2D eigenvalue weighted by Crippen LogP contribution is -2.30. The molecule has 4 aromatic rings. The number of sulfonamides is 1. The fourth-order valence-electron chi connectivity index (χ4n) is 3.16. The average molecular weight is 509 g/mol. The van der Waals surface area contributed by atoms with Crippen LogP contribution in [0.5, 0.6) is 0 Å². The lowest BCUT2D eigenvalue weighted by molar-refractivity contribution is -0.137. The van der Waals surface area contributed by atoms with E-state index in [1.807, 2.05) is 0 Å². The Balaban J connectivity index is 1.67.